The first-order valence-electron chi connectivity index (χ1n) is 16.8. The highest BCUT2D eigenvalue weighted by molar-refractivity contribution is 6.30. The third-order valence-corrected chi connectivity index (χ3v) is 11.4. The lowest BCUT2D eigenvalue weighted by molar-refractivity contribution is -0.138. The number of imide groups is 2. The van der Waals surface area contributed by atoms with Crippen LogP contribution in [-0.2, 0) is 24.6 Å². The topological polar surface area (TPSA) is 144 Å². The van der Waals surface area contributed by atoms with E-state index >= 15 is 4.79 Å². The lowest BCUT2D eigenvalue weighted by atomic mass is 9.49. The van der Waals surface area contributed by atoms with Gasteiger partial charge in [-0.2, -0.15) is 5.01 Å². The molecule has 0 bridgehead atoms. The highest BCUT2D eigenvalue weighted by Gasteiger charge is 2.70. The van der Waals surface area contributed by atoms with E-state index < -0.39 is 70.4 Å². The summed E-state index contributed by atoms with van der Waals surface area (Å²) in [6, 6.07) is 22.6. The van der Waals surface area contributed by atoms with Gasteiger partial charge in [0.15, 0.2) is 0 Å². The number of nitrogens with one attached hydrogen (secondary N) is 1. The number of hydrazine groups is 1. The van der Waals surface area contributed by atoms with E-state index in [1.54, 1.807) is 49.4 Å². The normalized spacial score (nSPS) is 26.5. The second-order valence-corrected chi connectivity index (χ2v) is 14.2. The van der Waals surface area contributed by atoms with Gasteiger partial charge in [-0.3, -0.25) is 29.5 Å². The summed E-state index contributed by atoms with van der Waals surface area (Å²) in [5.41, 5.74) is 3.61. The number of phenolic OH excluding ortho intramolecular Hbond substituents is 1. The largest absolute Gasteiger partial charge is 0.507 e. The number of carboxylic acid groups (broad SMARTS) is 1. The van der Waals surface area contributed by atoms with Crippen molar-refractivity contribution in [3.05, 3.63) is 136 Å². The zero-order chi connectivity index (χ0) is 36.6. The molecule has 4 amide bonds. The van der Waals surface area contributed by atoms with Crippen LogP contribution >= 0.6 is 11.6 Å². The summed E-state index contributed by atoms with van der Waals surface area (Å²) in [5, 5.41) is 22.6. The Hall–Kier alpha value is -5.81. The van der Waals surface area contributed by atoms with Gasteiger partial charge in [0, 0.05) is 16.5 Å². The summed E-state index contributed by atoms with van der Waals surface area (Å²) in [6.07, 6.45) is 2.01. The number of para-hydroxylation sites is 1. The molecular weight excluding hydrogens is 689 g/mol. The lowest BCUT2D eigenvalue weighted by Crippen LogP contribution is -2.53. The Morgan fingerprint density at radius 2 is 1.62 bits per heavy atom. The Bertz CT molecular complexity index is 2240. The summed E-state index contributed by atoms with van der Waals surface area (Å²) < 4.78 is 13.8. The van der Waals surface area contributed by atoms with Crippen molar-refractivity contribution >= 4 is 52.6 Å². The maximum absolute atomic E-state index is 15.2. The van der Waals surface area contributed by atoms with Gasteiger partial charge in [-0.05, 0) is 91.4 Å². The molecule has 4 aromatic carbocycles. The number of fused-ring (bicyclic) bond motifs is 4. The molecule has 0 aromatic heterocycles. The zero-order valence-corrected chi connectivity index (χ0v) is 28.4. The van der Waals surface area contributed by atoms with Gasteiger partial charge in [0.05, 0.1) is 40.1 Å². The van der Waals surface area contributed by atoms with E-state index in [1.807, 2.05) is 6.08 Å². The standard InChI is InChI=1S/C40H31ClFN3O7/c1-20-4-2-7-29(34(20)46)33-27-16-17-28-32(37(49)44(35(28)47)26-6-3-5-21(18-26)38(50)51)30(27)19-31-36(48)45(43-25-14-12-24(42)13-15-25)39(52)40(31,33)22-8-10-23(41)11-9-22/h2-16,18,28,30-33,43,46H,17,19H2,1H3,(H,50,51)/t28-,30+,31-,32-,33+,40+/m0/s1. The van der Waals surface area contributed by atoms with E-state index in [0.717, 1.165) is 9.91 Å². The molecule has 0 radical (unpaired) electrons. The number of amides is 4. The molecule has 6 atom stereocenters. The van der Waals surface area contributed by atoms with Crippen molar-refractivity contribution in [2.45, 2.75) is 31.1 Å². The molecule has 2 aliphatic carbocycles. The monoisotopic (exact) mass is 719 g/mol. The van der Waals surface area contributed by atoms with Crippen molar-refractivity contribution in [2.24, 2.45) is 23.7 Å². The molecule has 0 unspecified atom stereocenters. The summed E-state index contributed by atoms with van der Waals surface area (Å²) in [7, 11) is 0. The number of hydrogen-bond donors (Lipinski definition) is 3. The number of anilines is 2. The van der Waals surface area contributed by atoms with Crippen molar-refractivity contribution in [3.8, 4) is 5.75 Å². The number of phenols is 1. The van der Waals surface area contributed by atoms with Crippen LogP contribution in [0.4, 0.5) is 15.8 Å². The molecule has 3 N–H and O–H groups in total. The molecule has 52 heavy (non-hydrogen) atoms. The molecule has 1 saturated carbocycles. The Labute approximate surface area is 302 Å². The van der Waals surface area contributed by atoms with Crippen molar-refractivity contribution in [2.75, 3.05) is 10.3 Å². The van der Waals surface area contributed by atoms with Gasteiger partial charge in [0.25, 0.3) is 11.8 Å². The molecule has 8 rings (SSSR count). The number of aromatic carboxylic acids is 1. The van der Waals surface area contributed by atoms with Gasteiger partial charge in [-0.15, -0.1) is 0 Å². The number of aryl methyl sites for hydroxylation is 1. The van der Waals surface area contributed by atoms with E-state index in [2.05, 4.69) is 5.43 Å². The van der Waals surface area contributed by atoms with E-state index in [-0.39, 0.29) is 35.5 Å². The Balaban J connectivity index is 1.32. The highest BCUT2D eigenvalue weighted by atomic mass is 35.5. The average Bonchev–Trinajstić information content (AvgIpc) is 3.51. The fraction of sp³-hybridized carbons (Fsp3) is 0.225. The molecule has 4 aromatic rings. The Morgan fingerprint density at radius 3 is 2.33 bits per heavy atom. The van der Waals surface area contributed by atoms with Gasteiger partial charge in [0.2, 0.25) is 11.8 Å². The third kappa shape index (κ3) is 4.79. The summed E-state index contributed by atoms with van der Waals surface area (Å²) in [4.78, 5) is 71.2. The average molecular weight is 720 g/mol. The van der Waals surface area contributed by atoms with Crippen LogP contribution in [0.15, 0.2) is 103 Å². The van der Waals surface area contributed by atoms with Gasteiger partial charge in [0.1, 0.15) is 11.6 Å². The molecule has 10 nitrogen and oxygen atoms in total. The van der Waals surface area contributed by atoms with Crippen LogP contribution in [0, 0.1) is 36.4 Å². The van der Waals surface area contributed by atoms with E-state index in [1.165, 1.54) is 48.5 Å². The Kier molecular flexibility index (Phi) is 7.80. The van der Waals surface area contributed by atoms with Gasteiger partial charge in [-0.25, -0.2) is 9.18 Å². The zero-order valence-electron chi connectivity index (χ0n) is 27.6. The van der Waals surface area contributed by atoms with Gasteiger partial charge < -0.3 is 10.2 Å². The SMILES string of the molecule is Cc1cccc([C@H]2C3=CC[C@@H]4C(=O)N(c5cccc(C(=O)O)c5)C(=O)[C@@H]4[C@@H]3C[C@H]3C(=O)N(Nc4ccc(F)cc4)C(=O)[C@@]23c2ccc(Cl)cc2)c1O. The minimum atomic E-state index is -1.64. The molecule has 2 saturated heterocycles. The smallest absolute Gasteiger partial charge is 0.335 e. The van der Waals surface area contributed by atoms with Crippen molar-refractivity contribution < 1.29 is 38.6 Å². The third-order valence-electron chi connectivity index (χ3n) is 11.2. The molecule has 3 fully saturated rings. The number of hydrogen-bond acceptors (Lipinski definition) is 7. The van der Waals surface area contributed by atoms with E-state index in [0.29, 0.717) is 27.3 Å². The first kappa shape index (κ1) is 33.3. The minimum Gasteiger partial charge on any atom is -0.507 e. The summed E-state index contributed by atoms with van der Waals surface area (Å²) in [5.74, 6) is -8.50. The number of carboxylic acids is 1. The van der Waals surface area contributed by atoms with Crippen LogP contribution in [0.5, 0.6) is 5.75 Å². The number of carbonyl (C=O) groups is 5. The summed E-state index contributed by atoms with van der Waals surface area (Å²) >= 11 is 6.33. The second-order valence-electron chi connectivity index (χ2n) is 13.8. The summed E-state index contributed by atoms with van der Waals surface area (Å²) in [6.45, 7) is 1.73. The number of allylic oxidation sites excluding steroid dienone is 2. The molecule has 2 heterocycles. The number of carbonyl (C=O) groups excluding carboxylic acids is 4. The number of halogens is 2. The number of aromatic hydroxyl groups is 1. The van der Waals surface area contributed by atoms with Crippen LogP contribution in [0.2, 0.25) is 5.02 Å². The highest BCUT2D eigenvalue weighted by Crippen LogP contribution is 2.65. The maximum Gasteiger partial charge on any atom is 0.335 e. The number of rotatable bonds is 6. The first-order chi connectivity index (χ1) is 24.9. The van der Waals surface area contributed by atoms with Gasteiger partial charge >= 0.3 is 5.97 Å². The molecule has 2 aliphatic heterocycles. The quantitative estimate of drug-likeness (QED) is 0.154. The first-order valence-corrected chi connectivity index (χ1v) is 17.2. The second kappa shape index (κ2) is 12.2. The lowest BCUT2D eigenvalue weighted by Gasteiger charge is -2.50. The van der Waals surface area contributed by atoms with Crippen LogP contribution in [0.3, 0.4) is 0 Å². The molecule has 4 aliphatic rings. The minimum absolute atomic E-state index is 0.00685. The fourth-order valence-electron chi connectivity index (χ4n) is 8.95. The van der Waals surface area contributed by atoms with Crippen molar-refractivity contribution in [1.29, 1.82) is 0 Å². The molecule has 0 spiro atoms. The van der Waals surface area contributed by atoms with Crippen molar-refractivity contribution in [3.63, 3.8) is 0 Å². The number of benzene rings is 4. The van der Waals surface area contributed by atoms with E-state index in [4.69, 9.17) is 11.6 Å². The molecule has 12 heteroatoms. The van der Waals surface area contributed by atoms with Crippen LogP contribution in [0.1, 0.15) is 45.8 Å². The van der Waals surface area contributed by atoms with E-state index in [9.17, 15) is 33.8 Å². The predicted molar refractivity (Wildman–Crippen MR) is 188 cm³/mol. The van der Waals surface area contributed by atoms with Crippen LogP contribution in [0.25, 0.3) is 0 Å². The van der Waals surface area contributed by atoms with Crippen molar-refractivity contribution in [1.82, 2.24) is 5.01 Å². The predicted octanol–water partition coefficient (Wildman–Crippen LogP) is 6.38. The van der Waals surface area contributed by atoms with Gasteiger partial charge in [-0.1, -0.05) is 59.6 Å². The molecule has 262 valence electrons. The molecular formula is C40H31ClFN3O7. The van der Waals surface area contributed by atoms with Crippen LogP contribution in [-0.4, -0.2) is 44.8 Å². The number of nitrogens with zero attached hydrogens (tertiary/aromatic N) is 2. The fourth-order valence-corrected chi connectivity index (χ4v) is 9.07. The Morgan fingerprint density at radius 1 is 0.904 bits per heavy atom. The maximum atomic E-state index is 15.2. The van der Waals surface area contributed by atoms with Crippen LogP contribution < -0.4 is 10.3 Å².